The highest BCUT2D eigenvalue weighted by Crippen LogP contribution is 2.37. The summed E-state index contributed by atoms with van der Waals surface area (Å²) in [4.78, 5) is 23.6. The minimum absolute atomic E-state index is 0.0405. The zero-order valence-electron chi connectivity index (χ0n) is 13.9. The molecule has 126 valence electrons. The number of hydrazine groups is 1. The fraction of sp³-hybridized carbons (Fsp3) is 0.556. The Hall–Kier alpha value is -2.04. The number of ether oxygens (including phenoxy) is 1. The Balaban J connectivity index is 1.70. The Labute approximate surface area is 137 Å². The summed E-state index contributed by atoms with van der Waals surface area (Å²) in [5.41, 5.74) is 5.41. The van der Waals surface area contributed by atoms with E-state index in [1.165, 1.54) is 19.3 Å². The summed E-state index contributed by atoms with van der Waals surface area (Å²) < 4.78 is 5.64. The number of unbranched alkanes of at least 4 members (excludes halogenated alkanes) is 3. The molecule has 1 saturated carbocycles. The zero-order chi connectivity index (χ0) is 16.7. The van der Waals surface area contributed by atoms with Crippen LogP contribution in [0.3, 0.4) is 0 Å². The van der Waals surface area contributed by atoms with Crippen molar-refractivity contribution in [3.05, 3.63) is 29.8 Å². The van der Waals surface area contributed by atoms with Crippen LogP contribution in [0.15, 0.2) is 24.3 Å². The number of amides is 2. The summed E-state index contributed by atoms with van der Waals surface area (Å²) >= 11 is 0. The third kappa shape index (κ3) is 5.58. The average molecular weight is 318 g/mol. The molecule has 1 aromatic rings. The van der Waals surface area contributed by atoms with Crippen molar-refractivity contribution in [3.63, 3.8) is 0 Å². The van der Waals surface area contributed by atoms with Crippen molar-refractivity contribution in [2.75, 3.05) is 6.61 Å². The first-order valence-corrected chi connectivity index (χ1v) is 8.45. The van der Waals surface area contributed by atoms with E-state index in [-0.39, 0.29) is 17.7 Å². The molecule has 23 heavy (non-hydrogen) atoms. The van der Waals surface area contributed by atoms with Gasteiger partial charge in [0.2, 0.25) is 5.91 Å². The quantitative estimate of drug-likeness (QED) is 0.572. The first-order valence-electron chi connectivity index (χ1n) is 8.45. The summed E-state index contributed by atoms with van der Waals surface area (Å²) in [5.74, 6) is 0.785. The van der Waals surface area contributed by atoms with E-state index in [9.17, 15) is 9.59 Å². The predicted octanol–water partition coefficient (Wildman–Crippen LogP) is 3.06. The highest BCUT2D eigenvalue weighted by Gasteiger charge is 2.39. The first-order chi connectivity index (χ1) is 11.1. The molecule has 2 unspecified atom stereocenters. The van der Waals surface area contributed by atoms with Crippen molar-refractivity contribution in [1.29, 1.82) is 0 Å². The van der Waals surface area contributed by atoms with Gasteiger partial charge in [-0.25, -0.2) is 0 Å². The van der Waals surface area contributed by atoms with Gasteiger partial charge in [-0.1, -0.05) is 33.1 Å². The van der Waals surface area contributed by atoms with Crippen LogP contribution in [0.1, 0.15) is 56.3 Å². The Bertz CT molecular complexity index is 528. The summed E-state index contributed by atoms with van der Waals surface area (Å²) in [5, 5.41) is 0. The van der Waals surface area contributed by atoms with Crippen molar-refractivity contribution in [1.82, 2.24) is 10.9 Å². The molecule has 0 heterocycles. The summed E-state index contributed by atoms with van der Waals surface area (Å²) in [6, 6.07) is 6.95. The van der Waals surface area contributed by atoms with Gasteiger partial charge in [-0.05, 0) is 43.0 Å². The van der Waals surface area contributed by atoms with Gasteiger partial charge in [0, 0.05) is 11.5 Å². The Morgan fingerprint density at radius 3 is 2.43 bits per heavy atom. The number of carbonyl (C=O) groups is 2. The van der Waals surface area contributed by atoms with Gasteiger partial charge in [0.05, 0.1) is 6.61 Å². The lowest BCUT2D eigenvalue weighted by Crippen LogP contribution is -2.42. The van der Waals surface area contributed by atoms with E-state index in [0.717, 1.165) is 18.6 Å². The smallest absolute Gasteiger partial charge is 0.269 e. The van der Waals surface area contributed by atoms with Gasteiger partial charge in [0.15, 0.2) is 0 Å². The fourth-order valence-corrected chi connectivity index (χ4v) is 2.39. The molecular weight excluding hydrogens is 292 g/mol. The van der Waals surface area contributed by atoms with Crippen molar-refractivity contribution in [3.8, 4) is 5.75 Å². The number of rotatable bonds is 8. The van der Waals surface area contributed by atoms with Gasteiger partial charge in [0.1, 0.15) is 5.75 Å². The molecule has 5 heteroatoms. The average Bonchev–Trinajstić information content (AvgIpc) is 3.29. The van der Waals surface area contributed by atoms with E-state index >= 15 is 0 Å². The molecule has 2 N–H and O–H groups in total. The van der Waals surface area contributed by atoms with Gasteiger partial charge >= 0.3 is 0 Å². The number of benzene rings is 1. The largest absolute Gasteiger partial charge is 0.494 e. The molecule has 0 radical (unpaired) electrons. The molecule has 1 aliphatic rings. The molecule has 2 rings (SSSR count). The van der Waals surface area contributed by atoms with E-state index in [2.05, 4.69) is 17.8 Å². The number of carbonyl (C=O) groups excluding carboxylic acids is 2. The van der Waals surface area contributed by atoms with Gasteiger partial charge in [-0.3, -0.25) is 20.4 Å². The van der Waals surface area contributed by atoms with E-state index < -0.39 is 0 Å². The normalized spacial score (nSPS) is 19.0. The molecule has 0 spiro atoms. The summed E-state index contributed by atoms with van der Waals surface area (Å²) in [6.45, 7) is 4.90. The molecule has 5 nitrogen and oxygen atoms in total. The Morgan fingerprint density at radius 2 is 1.83 bits per heavy atom. The maximum atomic E-state index is 12.0. The standard InChI is InChI=1S/C18H26N2O3/c1-3-4-5-6-11-23-15-9-7-14(8-10-15)17(21)19-20-18(22)16-12-13(16)2/h7-10,13,16H,3-6,11-12H2,1-2H3,(H,19,21)(H,20,22). The maximum Gasteiger partial charge on any atom is 0.269 e. The SMILES string of the molecule is CCCCCCOc1ccc(C(=O)NNC(=O)C2CC2C)cc1. The van der Waals surface area contributed by atoms with Crippen LogP contribution in [-0.4, -0.2) is 18.4 Å². The summed E-state index contributed by atoms with van der Waals surface area (Å²) in [7, 11) is 0. The Kier molecular flexibility index (Phi) is 6.44. The molecule has 2 atom stereocenters. The van der Waals surface area contributed by atoms with Crippen LogP contribution in [-0.2, 0) is 4.79 Å². The minimum atomic E-state index is -0.318. The lowest BCUT2D eigenvalue weighted by molar-refractivity contribution is -0.123. The Morgan fingerprint density at radius 1 is 1.13 bits per heavy atom. The molecule has 1 fully saturated rings. The second kappa shape index (κ2) is 8.56. The van der Waals surface area contributed by atoms with Gasteiger partial charge in [-0.2, -0.15) is 0 Å². The number of hydrogen-bond acceptors (Lipinski definition) is 3. The van der Waals surface area contributed by atoms with E-state index in [0.29, 0.717) is 18.1 Å². The molecule has 0 saturated heterocycles. The molecule has 1 aromatic carbocycles. The van der Waals surface area contributed by atoms with Crippen LogP contribution in [0.25, 0.3) is 0 Å². The number of nitrogens with one attached hydrogen (secondary N) is 2. The van der Waals surface area contributed by atoms with Crippen LogP contribution in [0.5, 0.6) is 5.75 Å². The van der Waals surface area contributed by atoms with Crippen LogP contribution >= 0.6 is 0 Å². The lowest BCUT2D eigenvalue weighted by atomic mass is 10.2. The molecular formula is C18H26N2O3. The van der Waals surface area contributed by atoms with Crippen molar-refractivity contribution < 1.29 is 14.3 Å². The van der Waals surface area contributed by atoms with Crippen molar-refractivity contribution in [2.24, 2.45) is 11.8 Å². The molecule has 0 aromatic heterocycles. The monoisotopic (exact) mass is 318 g/mol. The van der Waals surface area contributed by atoms with Crippen LogP contribution in [0.2, 0.25) is 0 Å². The van der Waals surface area contributed by atoms with Crippen LogP contribution < -0.4 is 15.6 Å². The van der Waals surface area contributed by atoms with Gasteiger partial charge in [0.25, 0.3) is 5.91 Å². The lowest BCUT2D eigenvalue weighted by Gasteiger charge is -2.09. The minimum Gasteiger partial charge on any atom is -0.494 e. The third-order valence-corrected chi connectivity index (χ3v) is 4.13. The topological polar surface area (TPSA) is 67.4 Å². The molecule has 1 aliphatic carbocycles. The summed E-state index contributed by atoms with van der Waals surface area (Å²) in [6.07, 6.45) is 5.55. The van der Waals surface area contributed by atoms with Crippen LogP contribution in [0, 0.1) is 11.8 Å². The zero-order valence-corrected chi connectivity index (χ0v) is 13.9. The first kappa shape index (κ1) is 17.3. The molecule has 0 aliphatic heterocycles. The van der Waals surface area contributed by atoms with Crippen molar-refractivity contribution >= 4 is 11.8 Å². The third-order valence-electron chi connectivity index (χ3n) is 4.13. The highest BCUT2D eigenvalue weighted by atomic mass is 16.5. The predicted molar refractivity (Wildman–Crippen MR) is 89.0 cm³/mol. The van der Waals surface area contributed by atoms with E-state index in [1.54, 1.807) is 24.3 Å². The van der Waals surface area contributed by atoms with E-state index in [1.807, 2.05) is 6.92 Å². The highest BCUT2D eigenvalue weighted by molar-refractivity contribution is 5.95. The second-order valence-corrected chi connectivity index (χ2v) is 6.20. The molecule has 2 amide bonds. The molecule has 0 bridgehead atoms. The van der Waals surface area contributed by atoms with Crippen LogP contribution in [0.4, 0.5) is 0 Å². The second-order valence-electron chi connectivity index (χ2n) is 6.20. The maximum absolute atomic E-state index is 12.0. The van der Waals surface area contributed by atoms with Gasteiger partial charge < -0.3 is 4.74 Å². The van der Waals surface area contributed by atoms with Gasteiger partial charge in [-0.15, -0.1) is 0 Å². The fourth-order valence-electron chi connectivity index (χ4n) is 2.39. The number of hydrogen-bond donors (Lipinski definition) is 2. The van der Waals surface area contributed by atoms with E-state index in [4.69, 9.17) is 4.74 Å². The van der Waals surface area contributed by atoms with Crippen molar-refractivity contribution in [2.45, 2.75) is 46.0 Å².